The Hall–Kier alpha value is -2.19. The smallest absolute Gasteiger partial charge is 0.323 e. The van der Waals surface area contributed by atoms with Crippen LogP contribution in [0.25, 0.3) is 22.0 Å². The Morgan fingerprint density at radius 2 is 1.93 bits per heavy atom. The number of ether oxygens (including phenoxy) is 1. The summed E-state index contributed by atoms with van der Waals surface area (Å²) < 4.78 is 48.6. The fraction of sp³-hybridized carbons (Fsp3) is 0.273. The molecule has 4 rings (SSSR count). The van der Waals surface area contributed by atoms with Gasteiger partial charge in [0.2, 0.25) is 0 Å². The van der Waals surface area contributed by atoms with Crippen LogP contribution in [0.3, 0.4) is 0 Å². The molecule has 1 saturated carbocycles. The van der Waals surface area contributed by atoms with E-state index in [-0.39, 0.29) is 11.5 Å². The Labute approximate surface area is 178 Å². The number of pyridine rings is 1. The number of nitrogens with zero attached hydrogens (tertiary/aromatic N) is 1. The van der Waals surface area contributed by atoms with Gasteiger partial charge >= 0.3 is 5.97 Å². The van der Waals surface area contributed by atoms with Gasteiger partial charge in [0.15, 0.2) is 0 Å². The molecule has 3 aromatic rings. The summed E-state index contributed by atoms with van der Waals surface area (Å²) in [6.07, 6.45) is 2.86. The number of aromatic nitrogens is 1. The summed E-state index contributed by atoms with van der Waals surface area (Å²) >= 11 is 0. The molecule has 1 aliphatic rings. The number of esters is 1. The molecule has 0 N–H and O–H groups in total. The molecule has 3 nitrogen and oxygen atoms in total. The number of benzene rings is 2. The summed E-state index contributed by atoms with van der Waals surface area (Å²) in [5.74, 6) is -0.959. The lowest BCUT2D eigenvalue weighted by Gasteiger charge is -2.41. The lowest BCUT2D eigenvalue weighted by molar-refractivity contribution is -0.148. The first-order valence-corrected chi connectivity index (χ1v) is 12.4. The number of fused-ring (bicyclic) bond motifs is 1. The van der Waals surface area contributed by atoms with Crippen molar-refractivity contribution in [3.05, 3.63) is 60.5 Å². The van der Waals surface area contributed by atoms with E-state index in [1.54, 1.807) is 37.3 Å². The summed E-state index contributed by atoms with van der Waals surface area (Å²) in [6, 6.07) is 12.3. The molecule has 1 aliphatic carbocycles. The van der Waals surface area contributed by atoms with Crippen LogP contribution in [0.2, 0.25) is 0 Å². The normalized spacial score (nSPS) is 16.1. The van der Waals surface area contributed by atoms with Crippen molar-refractivity contribution >= 4 is 37.5 Å². The summed E-state index contributed by atoms with van der Waals surface area (Å²) in [5.41, 5.74) is 1.65. The third-order valence-electron chi connectivity index (χ3n) is 5.19. The maximum atomic E-state index is 15.6. The zero-order valence-corrected chi connectivity index (χ0v) is 17.9. The van der Waals surface area contributed by atoms with Crippen LogP contribution in [0.1, 0.15) is 26.2 Å². The molecule has 1 aromatic heterocycles. The van der Waals surface area contributed by atoms with Crippen molar-refractivity contribution in [2.24, 2.45) is 0 Å². The molecule has 2 aromatic carbocycles. The van der Waals surface area contributed by atoms with Crippen molar-refractivity contribution in [2.45, 2.75) is 35.8 Å². The summed E-state index contributed by atoms with van der Waals surface area (Å²) in [5, 5.41) is 0.310. The summed E-state index contributed by atoms with van der Waals surface area (Å²) in [6.45, 7) is 1.83. The average molecular weight is 452 g/mol. The first-order valence-electron chi connectivity index (χ1n) is 9.60. The molecule has 0 unspecified atom stereocenters. The Bertz CT molecular complexity index is 1100. The third-order valence-corrected chi connectivity index (χ3v) is 9.28. The van der Waals surface area contributed by atoms with Gasteiger partial charge in [-0.15, -0.1) is 7.77 Å². The number of carbonyl (C=O) groups is 1. The van der Waals surface area contributed by atoms with E-state index in [0.717, 1.165) is 6.42 Å². The second-order valence-electron chi connectivity index (χ2n) is 7.12. The molecule has 1 fully saturated rings. The molecule has 0 saturated heterocycles. The quantitative estimate of drug-likeness (QED) is 0.296. The minimum atomic E-state index is -4.37. The van der Waals surface area contributed by atoms with Crippen molar-refractivity contribution in [2.75, 3.05) is 6.61 Å². The lowest BCUT2D eigenvalue weighted by atomic mass is 9.84. The first kappa shape index (κ1) is 21.1. The molecular weight excluding hydrogens is 431 g/mol. The van der Waals surface area contributed by atoms with Gasteiger partial charge in [0.05, 0.1) is 17.0 Å². The SMILES string of the molecule is CCOC(=O)C1(SS(F)(F)c2ccnc3ccc(-c4cccc(F)c4)cc23)CCC1. The van der Waals surface area contributed by atoms with E-state index in [4.69, 9.17) is 4.74 Å². The van der Waals surface area contributed by atoms with Gasteiger partial charge in [-0.3, -0.25) is 9.78 Å². The Kier molecular flexibility index (Phi) is 5.72. The van der Waals surface area contributed by atoms with Gasteiger partial charge in [0.25, 0.3) is 0 Å². The molecular formula is C22H20F3NO2S2. The zero-order chi connectivity index (χ0) is 21.4. The van der Waals surface area contributed by atoms with E-state index in [1.165, 1.54) is 24.4 Å². The molecule has 0 radical (unpaired) electrons. The largest absolute Gasteiger partial charge is 0.465 e. The molecule has 0 amide bonds. The minimum absolute atomic E-state index is 0.133. The highest BCUT2D eigenvalue weighted by molar-refractivity contribution is 8.90. The molecule has 0 spiro atoms. The topological polar surface area (TPSA) is 39.2 Å². The molecule has 158 valence electrons. The number of hydrogen-bond acceptors (Lipinski definition) is 4. The van der Waals surface area contributed by atoms with Gasteiger partial charge < -0.3 is 4.74 Å². The van der Waals surface area contributed by atoms with Gasteiger partial charge in [-0.2, -0.15) is 0 Å². The zero-order valence-electron chi connectivity index (χ0n) is 16.2. The molecule has 1 heterocycles. The molecule has 30 heavy (non-hydrogen) atoms. The Morgan fingerprint density at radius 1 is 1.17 bits per heavy atom. The van der Waals surface area contributed by atoms with E-state index >= 15 is 7.77 Å². The van der Waals surface area contributed by atoms with Crippen LogP contribution in [-0.2, 0) is 9.53 Å². The third kappa shape index (κ3) is 3.90. The van der Waals surface area contributed by atoms with E-state index in [9.17, 15) is 9.18 Å². The maximum Gasteiger partial charge on any atom is 0.323 e. The van der Waals surface area contributed by atoms with Crippen molar-refractivity contribution in [1.82, 2.24) is 4.98 Å². The van der Waals surface area contributed by atoms with E-state index < -0.39 is 26.4 Å². The second-order valence-corrected chi connectivity index (χ2v) is 11.1. The van der Waals surface area contributed by atoms with Gasteiger partial charge in [-0.05, 0) is 78.4 Å². The number of carbonyl (C=O) groups excluding carboxylic acids is 1. The highest BCUT2D eigenvalue weighted by Gasteiger charge is 2.52. The van der Waals surface area contributed by atoms with Crippen molar-refractivity contribution < 1.29 is 21.7 Å². The lowest BCUT2D eigenvalue weighted by Crippen LogP contribution is -2.43. The van der Waals surface area contributed by atoms with Crippen LogP contribution in [0.4, 0.5) is 12.2 Å². The Balaban J connectivity index is 1.75. The fourth-order valence-corrected chi connectivity index (χ4v) is 7.83. The number of hydrogen-bond donors (Lipinski definition) is 0. The van der Waals surface area contributed by atoms with Crippen LogP contribution < -0.4 is 0 Å². The predicted molar refractivity (Wildman–Crippen MR) is 116 cm³/mol. The molecule has 0 bridgehead atoms. The number of halogens is 3. The van der Waals surface area contributed by atoms with Gasteiger partial charge in [-0.1, -0.05) is 18.2 Å². The monoisotopic (exact) mass is 451 g/mol. The van der Waals surface area contributed by atoms with Crippen molar-refractivity contribution in [1.29, 1.82) is 0 Å². The minimum Gasteiger partial charge on any atom is -0.465 e. The molecule has 8 heteroatoms. The number of rotatable bonds is 6. The van der Waals surface area contributed by atoms with E-state index in [1.807, 2.05) is 0 Å². The maximum absolute atomic E-state index is 15.6. The second kappa shape index (κ2) is 8.15. The van der Waals surface area contributed by atoms with Gasteiger partial charge in [0.1, 0.15) is 20.4 Å². The van der Waals surface area contributed by atoms with E-state index in [0.29, 0.717) is 45.7 Å². The molecule has 0 aliphatic heterocycles. The van der Waals surface area contributed by atoms with Gasteiger partial charge in [-0.25, -0.2) is 4.39 Å². The van der Waals surface area contributed by atoms with E-state index in [2.05, 4.69) is 4.98 Å². The fourth-order valence-electron chi connectivity index (χ4n) is 3.50. The van der Waals surface area contributed by atoms with Crippen LogP contribution >= 0.6 is 20.6 Å². The average Bonchev–Trinajstić information content (AvgIpc) is 2.70. The Morgan fingerprint density at radius 3 is 2.60 bits per heavy atom. The van der Waals surface area contributed by atoms with Crippen LogP contribution in [0.15, 0.2) is 59.6 Å². The van der Waals surface area contributed by atoms with Crippen LogP contribution in [0.5, 0.6) is 0 Å². The summed E-state index contributed by atoms with van der Waals surface area (Å²) in [4.78, 5) is 16.5. The summed E-state index contributed by atoms with van der Waals surface area (Å²) in [7, 11) is -3.93. The predicted octanol–water partition coefficient (Wildman–Crippen LogP) is 7.11. The highest BCUT2D eigenvalue weighted by Crippen LogP contribution is 2.76. The van der Waals surface area contributed by atoms with Crippen molar-refractivity contribution in [3.63, 3.8) is 0 Å². The van der Waals surface area contributed by atoms with Crippen molar-refractivity contribution in [3.8, 4) is 11.1 Å². The molecule has 0 atom stereocenters. The highest BCUT2D eigenvalue weighted by atomic mass is 33.2. The van der Waals surface area contributed by atoms with Crippen LogP contribution in [-0.4, -0.2) is 22.3 Å². The standard InChI is InChI=1S/C22H20F3NO2S2/c1-2-28-21(27)22(10-4-11-22)29-30(24,25)20-9-12-26-19-8-7-16(14-18(19)20)15-5-3-6-17(23)13-15/h3,5-9,12-14H,2,4,10-11H2,1H3. The van der Waals surface area contributed by atoms with Gasteiger partial charge in [0, 0.05) is 11.6 Å². The first-order chi connectivity index (χ1) is 14.3. The van der Waals surface area contributed by atoms with Crippen LogP contribution in [0, 0.1) is 5.82 Å².